The average molecular weight is 672 g/mol. The van der Waals surface area contributed by atoms with Crippen molar-refractivity contribution >= 4 is 46.1 Å². The van der Waals surface area contributed by atoms with Crippen molar-refractivity contribution in [2.24, 2.45) is 0 Å². The second-order valence-corrected chi connectivity index (χ2v) is 12.4. The first-order chi connectivity index (χ1) is 23.1. The average Bonchev–Trinajstić information content (AvgIpc) is 3.56. The van der Waals surface area contributed by atoms with Gasteiger partial charge in [-0.05, 0) is 39.3 Å². The maximum absolute atomic E-state index is 12.6. The van der Waals surface area contributed by atoms with Crippen LogP contribution in [-0.4, -0.2) is 95.8 Å². The Balaban J connectivity index is 0.000000222. The summed E-state index contributed by atoms with van der Waals surface area (Å²) in [6, 6.07) is 21.2. The molecular weight excluding hydrogens is 634 g/mol. The summed E-state index contributed by atoms with van der Waals surface area (Å²) in [6.07, 6.45) is 4.35. The number of nitrogens with zero attached hydrogens (tertiary/aromatic N) is 2. The number of fused-ring (bicyclic) bond motifs is 1. The third kappa shape index (κ3) is 7.74. The van der Waals surface area contributed by atoms with Crippen LogP contribution in [0.5, 0.6) is 0 Å². The molecule has 2 heterocycles. The largest absolute Gasteiger partial charge is 0.479 e. The van der Waals surface area contributed by atoms with Gasteiger partial charge < -0.3 is 35.4 Å². The van der Waals surface area contributed by atoms with Crippen LogP contribution in [0, 0.1) is 0 Å². The number of Topliss-reactive ketones (excluding diaryl/α,β-unsaturated/α-hetero) is 2. The SMILES string of the molecule is CC(C)(C)OC(=O)N1CCC(Nc2cccc3cnccc23)C1.O=C(O)C(O)(C(=O)c1ccccc1)C(O)(C(=O)O)C(=O)c1ccccc1. The van der Waals surface area contributed by atoms with Gasteiger partial charge in [0.15, 0.2) is 0 Å². The molecule has 1 aromatic heterocycles. The number of aliphatic carboxylic acids is 2. The summed E-state index contributed by atoms with van der Waals surface area (Å²) in [7, 11) is 0. The molecule has 1 aliphatic heterocycles. The molecule has 5 N–H and O–H groups in total. The lowest BCUT2D eigenvalue weighted by Crippen LogP contribution is -2.71. The lowest BCUT2D eigenvalue weighted by Gasteiger charge is -2.34. The van der Waals surface area contributed by atoms with E-state index < -0.39 is 51.4 Å². The summed E-state index contributed by atoms with van der Waals surface area (Å²) in [5.74, 6) is -8.03. The highest BCUT2D eigenvalue weighted by Gasteiger charge is 2.69. The fourth-order valence-electron chi connectivity index (χ4n) is 5.27. The molecule has 49 heavy (non-hydrogen) atoms. The fourth-order valence-corrected chi connectivity index (χ4v) is 5.27. The van der Waals surface area contributed by atoms with E-state index in [0.29, 0.717) is 6.54 Å². The van der Waals surface area contributed by atoms with Crippen LogP contribution in [-0.2, 0) is 14.3 Å². The van der Waals surface area contributed by atoms with Crippen LogP contribution in [0.3, 0.4) is 0 Å². The van der Waals surface area contributed by atoms with Gasteiger partial charge >= 0.3 is 18.0 Å². The number of pyridine rings is 1. The fraction of sp³-hybridized carbons (Fsp3) is 0.278. The Morgan fingerprint density at radius 2 is 1.31 bits per heavy atom. The van der Waals surface area contributed by atoms with E-state index in [9.17, 15) is 44.4 Å². The monoisotopic (exact) mass is 671 g/mol. The van der Waals surface area contributed by atoms with E-state index >= 15 is 0 Å². The summed E-state index contributed by atoms with van der Waals surface area (Å²) in [5.41, 5.74) is -8.05. The molecule has 256 valence electrons. The molecular formula is C36H37N3O10. The minimum Gasteiger partial charge on any atom is -0.479 e. The van der Waals surface area contributed by atoms with Crippen molar-refractivity contribution in [1.29, 1.82) is 0 Å². The van der Waals surface area contributed by atoms with E-state index in [1.54, 1.807) is 11.1 Å². The maximum atomic E-state index is 12.6. The zero-order chi connectivity index (χ0) is 36.0. The second kappa shape index (κ2) is 14.6. The summed E-state index contributed by atoms with van der Waals surface area (Å²) in [6.45, 7) is 7.05. The molecule has 0 saturated carbocycles. The number of carbonyl (C=O) groups is 5. The minimum atomic E-state index is -3.95. The first kappa shape index (κ1) is 36.2. The third-order valence-corrected chi connectivity index (χ3v) is 7.75. The minimum absolute atomic E-state index is 0.232. The molecule has 13 nitrogen and oxygen atoms in total. The van der Waals surface area contributed by atoms with E-state index in [0.717, 1.165) is 53.7 Å². The molecule has 4 aromatic rings. The number of carboxylic acids is 2. The second-order valence-electron chi connectivity index (χ2n) is 12.4. The van der Waals surface area contributed by atoms with E-state index in [1.807, 2.05) is 39.1 Å². The molecule has 0 bridgehead atoms. The number of likely N-dealkylation sites (tertiary alicyclic amines) is 1. The number of ketones is 2. The summed E-state index contributed by atoms with van der Waals surface area (Å²) < 4.78 is 5.44. The molecule has 5 rings (SSSR count). The molecule has 1 aliphatic rings. The number of amides is 1. The highest BCUT2D eigenvalue weighted by atomic mass is 16.6. The number of hydrogen-bond donors (Lipinski definition) is 5. The smallest absolute Gasteiger partial charge is 0.410 e. The summed E-state index contributed by atoms with van der Waals surface area (Å²) in [5, 5.41) is 45.7. The Morgan fingerprint density at radius 1 is 0.776 bits per heavy atom. The van der Waals surface area contributed by atoms with Crippen LogP contribution in [0.2, 0.25) is 0 Å². The van der Waals surface area contributed by atoms with Gasteiger partial charge in [0.05, 0.1) is 0 Å². The molecule has 3 atom stereocenters. The Kier molecular flexibility index (Phi) is 10.8. The van der Waals surface area contributed by atoms with E-state index in [4.69, 9.17) is 4.74 Å². The van der Waals surface area contributed by atoms with Gasteiger partial charge in [0.1, 0.15) is 5.60 Å². The van der Waals surface area contributed by atoms with Gasteiger partial charge in [-0.3, -0.25) is 14.6 Å². The van der Waals surface area contributed by atoms with Crippen molar-refractivity contribution in [1.82, 2.24) is 9.88 Å². The Hall–Kier alpha value is -5.66. The van der Waals surface area contributed by atoms with E-state index in [2.05, 4.69) is 22.4 Å². The van der Waals surface area contributed by atoms with Crippen molar-refractivity contribution in [2.75, 3.05) is 18.4 Å². The number of rotatable bonds is 9. The van der Waals surface area contributed by atoms with Gasteiger partial charge in [-0.25, -0.2) is 14.4 Å². The number of aromatic nitrogens is 1. The normalized spacial score (nSPS) is 16.7. The lowest BCUT2D eigenvalue weighted by atomic mass is 9.73. The van der Waals surface area contributed by atoms with Crippen molar-refractivity contribution in [3.8, 4) is 0 Å². The molecule has 0 aliphatic carbocycles. The van der Waals surface area contributed by atoms with Crippen molar-refractivity contribution < 1.29 is 49.1 Å². The number of anilines is 1. The number of hydrogen-bond acceptors (Lipinski definition) is 10. The summed E-state index contributed by atoms with van der Waals surface area (Å²) >= 11 is 0. The van der Waals surface area contributed by atoms with Crippen molar-refractivity contribution in [2.45, 2.75) is 50.0 Å². The quantitative estimate of drug-likeness (QED) is 0.126. The Morgan fingerprint density at radius 3 is 1.80 bits per heavy atom. The first-order valence-electron chi connectivity index (χ1n) is 15.3. The molecule has 1 amide bonds. The molecule has 1 fully saturated rings. The van der Waals surface area contributed by atoms with E-state index in [-0.39, 0.29) is 12.1 Å². The number of carbonyl (C=O) groups excluding carboxylic acids is 3. The van der Waals surface area contributed by atoms with Gasteiger partial charge in [0.25, 0.3) is 11.2 Å². The van der Waals surface area contributed by atoms with Crippen LogP contribution < -0.4 is 5.32 Å². The zero-order valence-corrected chi connectivity index (χ0v) is 27.1. The van der Waals surface area contributed by atoms with Gasteiger partial charge in [-0.1, -0.05) is 72.8 Å². The number of nitrogens with one attached hydrogen (secondary N) is 1. The van der Waals surface area contributed by atoms with Crippen LogP contribution in [0.15, 0.2) is 97.3 Å². The maximum Gasteiger partial charge on any atom is 0.410 e. The molecule has 1 saturated heterocycles. The van der Waals surface area contributed by atoms with Crippen LogP contribution in [0.4, 0.5) is 10.5 Å². The van der Waals surface area contributed by atoms with E-state index in [1.165, 1.54) is 36.4 Å². The summed E-state index contributed by atoms with van der Waals surface area (Å²) in [4.78, 5) is 66.6. The third-order valence-electron chi connectivity index (χ3n) is 7.75. The number of aliphatic hydroxyl groups is 2. The van der Waals surface area contributed by atoms with Crippen molar-refractivity contribution in [3.05, 3.63) is 108 Å². The predicted octanol–water partition coefficient (Wildman–Crippen LogP) is 4.04. The topological polar surface area (TPSA) is 204 Å². The van der Waals surface area contributed by atoms with Gasteiger partial charge in [0.2, 0.25) is 11.6 Å². The number of ether oxygens (including phenoxy) is 1. The highest BCUT2D eigenvalue weighted by molar-refractivity contribution is 6.28. The predicted molar refractivity (Wildman–Crippen MR) is 178 cm³/mol. The number of carboxylic acid groups (broad SMARTS) is 2. The molecule has 13 heteroatoms. The Labute approximate surface area is 281 Å². The zero-order valence-electron chi connectivity index (χ0n) is 27.1. The molecule has 0 radical (unpaired) electrons. The van der Waals surface area contributed by atoms with Crippen molar-refractivity contribution in [3.63, 3.8) is 0 Å². The highest BCUT2D eigenvalue weighted by Crippen LogP contribution is 2.32. The Bertz CT molecular complexity index is 1770. The molecule has 0 spiro atoms. The van der Waals surface area contributed by atoms with Gasteiger partial charge in [-0.2, -0.15) is 0 Å². The molecule has 3 unspecified atom stereocenters. The lowest BCUT2D eigenvalue weighted by molar-refractivity contribution is -0.187. The van der Waals surface area contributed by atoms with Gasteiger partial charge in [0, 0.05) is 59.1 Å². The number of benzene rings is 3. The van der Waals surface area contributed by atoms with Gasteiger partial charge in [-0.15, -0.1) is 0 Å². The first-order valence-corrected chi connectivity index (χ1v) is 15.3. The van der Waals surface area contributed by atoms with Crippen LogP contribution in [0.1, 0.15) is 47.9 Å². The van der Waals surface area contributed by atoms with Crippen LogP contribution >= 0.6 is 0 Å². The van der Waals surface area contributed by atoms with Crippen LogP contribution in [0.25, 0.3) is 10.8 Å². The standard InChI is InChI=1S/C18H23N3O2.C18H14O8/c1-18(2,3)23-17(22)21-10-8-14(12-21)20-16-6-4-5-13-11-19-9-7-15(13)16;19-13(11-7-3-1-4-8-11)17(25,15(21)22)18(26,16(23)24)14(20)12-9-5-2-6-10-12/h4-7,9,11,14,20H,8,10,12H2,1-3H3;1-10,25-26H,(H,21,22)(H,23,24). The molecule has 3 aromatic carbocycles.